The number of nitrogens with one attached hydrogen (secondary N) is 1. The highest BCUT2D eigenvalue weighted by Crippen LogP contribution is 2.34. The van der Waals surface area contributed by atoms with E-state index in [1.54, 1.807) is 17.7 Å². The van der Waals surface area contributed by atoms with Crippen LogP contribution in [0.25, 0.3) is 10.2 Å². The van der Waals surface area contributed by atoms with Gasteiger partial charge in [0.15, 0.2) is 0 Å². The average molecular weight is 290 g/mol. The van der Waals surface area contributed by atoms with Crippen LogP contribution in [0.2, 0.25) is 0 Å². The fourth-order valence-electron chi connectivity index (χ4n) is 3.04. The molecule has 2 aromatic heterocycles. The van der Waals surface area contributed by atoms with Crippen LogP contribution in [-0.4, -0.2) is 22.1 Å². The third kappa shape index (κ3) is 2.52. The van der Waals surface area contributed by atoms with Gasteiger partial charge in [-0.25, -0.2) is 9.97 Å². The van der Waals surface area contributed by atoms with Gasteiger partial charge in [0.05, 0.1) is 10.9 Å². The summed E-state index contributed by atoms with van der Waals surface area (Å²) in [4.78, 5) is 11.3. The molecule has 0 unspecified atom stereocenters. The van der Waals surface area contributed by atoms with Crippen molar-refractivity contribution in [3.8, 4) is 0 Å². The summed E-state index contributed by atoms with van der Waals surface area (Å²) in [5.41, 5.74) is 6.08. The summed E-state index contributed by atoms with van der Waals surface area (Å²) in [6.45, 7) is 2.84. The van der Waals surface area contributed by atoms with Crippen LogP contribution in [0.3, 0.4) is 0 Å². The third-order valence-electron chi connectivity index (χ3n) is 4.31. The van der Waals surface area contributed by atoms with Crippen molar-refractivity contribution >= 4 is 27.4 Å². The molecule has 1 aliphatic carbocycles. The van der Waals surface area contributed by atoms with Gasteiger partial charge in [-0.2, -0.15) is 0 Å². The number of nitrogens with two attached hydrogens (primary N) is 1. The molecule has 3 rings (SSSR count). The first kappa shape index (κ1) is 13.8. The zero-order valence-corrected chi connectivity index (χ0v) is 12.8. The number of fused-ring (bicyclic) bond motifs is 1. The number of thiophene rings is 1. The molecule has 5 heteroatoms. The quantitative estimate of drug-likeness (QED) is 0.906. The molecule has 1 fully saturated rings. The Morgan fingerprint density at radius 2 is 2.10 bits per heavy atom. The van der Waals surface area contributed by atoms with Crippen molar-refractivity contribution in [2.24, 2.45) is 5.73 Å². The van der Waals surface area contributed by atoms with E-state index in [2.05, 4.69) is 28.3 Å². The molecule has 2 heterocycles. The maximum absolute atomic E-state index is 6.06. The van der Waals surface area contributed by atoms with Crippen LogP contribution >= 0.6 is 11.3 Å². The highest BCUT2D eigenvalue weighted by molar-refractivity contribution is 7.18. The number of rotatable bonds is 4. The average Bonchev–Trinajstić information content (AvgIpc) is 2.92. The Balaban J connectivity index is 1.95. The molecule has 4 nitrogen and oxygen atoms in total. The topological polar surface area (TPSA) is 63.8 Å². The fraction of sp³-hybridized carbons (Fsp3) is 0.600. The van der Waals surface area contributed by atoms with Gasteiger partial charge in [0.25, 0.3) is 0 Å². The Morgan fingerprint density at radius 1 is 1.30 bits per heavy atom. The molecule has 0 radical (unpaired) electrons. The van der Waals surface area contributed by atoms with Crippen LogP contribution in [0.5, 0.6) is 0 Å². The maximum Gasteiger partial charge on any atom is 0.138 e. The van der Waals surface area contributed by atoms with E-state index in [0.717, 1.165) is 35.3 Å². The summed E-state index contributed by atoms with van der Waals surface area (Å²) in [6.07, 6.45) is 8.81. The normalized spacial score (nSPS) is 18.3. The van der Waals surface area contributed by atoms with Crippen molar-refractivity contribution in [1.29, 1.82) is 0 Å². The molecule has 1 aliphatic rings. The lowest BCUT2D eigenvalue weighted by Crippen LogP contribution is -2.47. The zero-order chi connectivity index (χ0) is 14.0. The Labute approximate surface area is 123 Å². The monoisotopic (exact) mass is 290 g/mol. The minimum atomic E-state index is 0.0217. The molecule has 1 saturated carbocycles. The van der Waals surface area contributed by atoms with Crippen LogP contribution in [0.4, 0.5) is 5.82 Å². The predicted molar refractivity (Wildman–Crippen MR) is 85.3 cm³/mol. The summed E-state index contributed by atoms with van der Waals surface area (Å²) in [5.74, 6) is 0.957. The standard InChI is InChI=1S/C15H22N4S/c1-2-11-8-12-13(17-10-18-14(12)20-11)19-15(9-16)6-4-3-5-7-15/h8,10H,2-7,9,16H2,1H3,(H,17,18,19). The Bertz CT molecular complexity index is 587. The highest BCUT2D eigenvalue weighted by atomic mass is 32.1. The molecule has 20 heavy (non-hydrogen) atoms. The van der Waals surface area contributed by atoms with Crippen LogP contribution in [-0.2, 0) is 6.42 Å². The van der Waals surface area contributed by atoms with Crippen LogP contribution < -0.4 is 11.1 Å². The van der Waals surface area contributed by atoms with E-state index in [0.29, 0.717) is 6.54 Å². The van der Waals surface area contributed by atoms with Gasteiger partial charge in [0, 0.05) is 11.4 Å². The summed E-state index contributed by atoms with van der Waals surface area (Å²) in [7, 11) is 0. The number of nitrogens with zero attached hydrogens (tertiary/aromatic N) is 2. The van der Waals surface area contributed by atoms with Crippen molar-refractivity contribution in [2.45, 2.75) is 51.0 Å². The van der Waals surface area contributed by atoms with Crippen LogP contribution in [0.15, 0.2) is 12.4 Å². The lowest BCUT2D eigenvalue weighted by molar-refractivity contribution is 0.330. The second-order valence-electron chi connectivity index (χ2n) is 5.68. The van der Waals surface area contributed by atoms with E-state index in [1.165, 1.54) is 24.1 Å². The highest BCUT2D eigenvalue weighted by Gasteiger charge is 2.31. The predicted octanol–water partition coefficient (Wildman–Crippen LogP) is 3.33. The zero-order valence-electron chi connectivity index (χ0n) is 12.0. The largest absolute Gasteiger partial charge is 0.363 e. The summed E-state index contributed by atoms with van der Waals surface area (Å²) in [5, 5.41) is 4.80. The van der Waals surface area contributed by atoms with E-state index < -0.39 is 0 Å². The first-order valence-electron chi connectivity index (χ1n) is 7.48. The van der Waals surface area contributed by atoms with Gasteiger partial charge < -0.3 is 11.1 Å². The van der Waals surface area contributed by atoms with Crippen molar-refractivity contribution in [2.75, 3.05) is 11.9 Å². The molecule has 108 valence electrons. The molecule has 2 aromatic rings. The Hall–Kier alpha value is -1.20. The molecule has 0 spiro atoms. The molecule has 0 aliphatic heterocycles. The maximum atomic E-state index is 6.06. The van der Waals surface area contributed by atoms with E-state index >= 15 is 0 Å². The molecule has 0 atom stereocenters. The number of aryl methyl sites for hydroxylation is 1. The van der Waals surface area contributed by atoms with Gasteiger partial charge in [-0.05, 0) is 25.3 Å². The summed E-state index contributed by atoms with van der Waals surface area (Å²) in [6, 6.07) is 2.22. The molecular weight excluding hydrogens is 268 g/mol. The number of anilines is 1. The Morgan fingerprint density at radius 3 is 2.80 bits per heavy atom. The summed E-state index contributed by atoms with van der Waals surface area (Å²) < 4.78 is 0. The van der Waals surface area contributed by atoms with Crippen molar-refractivity contribution < 1.29 is 0 Å². The molecular formula is C15H22N4S. The third-order valence-corrected chi connectivity index (χ3v) is 5.50. The minimum Gasteiger partial charge on any atom is -0.363 e. The van der Waals surface area contributed by atoms with Gasteiger partial charge in [-0.1, -0.05) is 26.2 Å². The second kappa shape index (κ2) is 5.66. The van der Waals surface area contributed by atoms with Crippen LogP contribution in [0, 0.1) is 0 Å². The van der Waals surface area contributed by atoms with Crippen LogP contribution in [0.1, 0.15) is 43.9 Å². The van der Waals surface area contributed by atoms with Gasteiger partial charge in [0.2, 0.25) is 0 Å². The van der Waals surface area contributed by atoms with E-state index in [4.69, 9.17) is 5.73 Å². The molecule has 3 N–H and O–H groups in total. The van der Waals surface area contributed by atoms with Gasteiger partial charge in [-0.15, -0.1) is 11.3 Å². The van der Waals surface area contributed by atoms with E-state index in [9.17, 15) is 0 Å². The molecule has 0 aromatic carbocycles. The van der Waals surface area contributed by atoms with Crippen molar-refractivity contribution in [1.82, 2.24) is 9.97 Å². The first-order valence-corrected chi connectivity index (χ1v) is 8.30. The fourth-order valence-corrected chi connectivity index (χ4v) is 3.97. The number of hydrogen-bond donors (Lipinski definition) is 2. The molecule has 0 amide bonds. The lowest BCUT2D eigenvalue weighted by atomic mass is 9.81. The molecule has 0 bridgehead atoms. The second-order valence-corrected chi connectivity index (χ2v) is 6.79. The number of aromatic nitrogens is 2. The van der Waals surface area contributed by atoms with Gasteiger partial charge in [0.1, 0.15) is 17.0 Å². The molecule has 0 saturated heterocycles. The summed E-state index contributed by atoms with van der Waals surface area (Å²) >= 11 is 1.76. The van der Waals surface area contributed by atoms with Gasteiger partial charge >= 0.3 is 0 Å². The van der Waals surface area contributed by atoms with Crippen molar-refractivity contribution in [3.05, 3.63) is 17.3 Å². The lowest BCUT2D eigenvalue weighted by Gasteiger charge is -2.37. The van der Waals surface area contributed by atoms with E-state index in [1.807, 2.05) is 0 Å². The van der Waals surface area contributed by atoms with Crippen molar-refractivity contribution in [3.63, 3.8) is 0 Å². The smallest absolute Gasteiger partial charge is 0.138 e. The minimum absolute atomic E-state index is 0.0217. The first-order chi connectivity index (χ1) is 9.76. The SMILES string of the molecule is CCc1cc2c(NC3(CN)CCCCC3)ncnc2s1. The Kier molecular flexibility index (Phi) is 3.89. The number of hydrogen-bond acceptors (Lipinski definition) is 5. The van der Waals surface area contributed by atoms with E-state index in [-0.39, 0.29) is 5.54 Å². The van der Waals surface area contributed by atoms with Gasteiger partial charge in [-0.3, -0.25) is 0 Å².